The fraction of sp³-hybridized carbons (Fsp3) is 0.214. The van der Waals surface area contributed by atoms with E-state index in [1.54, 1.807) is 6.07 Å². The second-order valence-electron chi connectivity index (χ2n) is 8.99. The number of hydrazone groups is 1. The minimum Gasteiger partial charge on any atom is -0.326 e. The lowest BCUT2D eigenvalue weighted by Gasteiger charge is -2.23. The first kappa shape index (κ1) is 23.9. The molecule has 182 valence electrons. The highest BCUT2D eigenvalue weighted by molar-refractivity contribution is 8.15. The van der Waals surface area contributed by atoms with Gasteiger partial charge in [0.25, 0.3) is 5.91 Å². The Kier molecular flexibility index (Phi) is 6.69. The maximum atomic E-state index is 13.4. The molecule has 0 bridgehead atoms. The lowest BCUT2D eigenvalue weighted by atomic mass is 9.97. The van der Waals surface area contributed by atoms with Crippen LogP contribution in [0.2, 0.25) is 0 Å². The number of aliphatic imine (C=N–C) groups is 1. The Morgan fingerprint density at radius 3 is 2.44 bits per heavy atom. The summed E-state index contributed by atoms with van der Waals surface area (Å²) >= 11 is 1.24. The van der Waals surface area contributed by atoms with Crippen LogP contribution in [0.5, 0.6) is 0 Å². The van der Waals surface area contributed by atoms with Crippen LogP contribution in [0.15, 0.2) is 82.9 Å². The molecule has 1 N–H and O–H groups in total. The molecule has 0 radical (unpaired) electrons. The fourth-order valence-electron chi connectivity index (χ4n) is 4.21. The molecule has 0 aromatic heterocycles. The summed E-state index contributed by atoms with van der Waals surface area (Å²) < 4.78 is 13.4. The maximum absolute atomic E-state index is 13.4. The summed E-state index contributed by atoms with van der Waals surface area (Å²) in [6.45, 7) is 4.08. The zero-order valence-electron chi connectivity index (χ0n) is 19.9. The van der Waals surface area contributed by atoms with Gasteiger partial charge in [0.05, 0.1) is 11.8 Å². The van der Waals surface area contributed by atoms with Crippen molar-refractivity contribution in [1.82, 2.24) is 5.01 Å². The number of nitrogens with one attached hydrogen (secondary N) is 1. The van der Waals surface area contributed by atoms with Crippen molar-refractivity contribution < 1.29 is 14.0 Å². The summed E-state index contributed by atoms with van der Waals surface area (Å²) in [7, 11) is 0. The van der Waals surface area contributed by atoms with Gasteiger partial charge in [-0.3, -0.25) is 9.59 Å². The Balaban J connectivity index is 1.35. The Labute approximate surface area is 213 Å². The van der Waals surface area contributed by atoms with Crippen molar-refractivity contribution in [2.24, 2.45) is 10.1 Å². The number of anilines is 1. The van der Waals surface area contributed by atoms with Gasteiger partial charge in [-0.1, -0.05) is 77.5 Å². The average Bonchev–Trinajstić information content (AvgIpc) is 3.44. The van der Waals surface area contributed by atoms with Crippen molar-refractivity contribution >= 4 is 40.1 Å². The van der Waals surface area contributed by atoms with Crippen LogP contribution >= 0.6 is 11.8 Å². The molecule has 0 spiro atoms. The number of hydrogen-bond donors (Lipinski definition) is 1. The molecule has 2 aliphatic heterocycles. The SMILES string of the molecule is Cc1ccc(C2=NN(C3=NC(=O)[C@H](CC(=O)Nc4cccc(F)c4)S3)[C@H](c3ccc(C)cc3)C2)cc1. The topological polar surface area (TPSA) is 74.1 Å². The molecule has 5 rings (SSSR count). The fourth-order valence-corrected chi connectivity index (χ4v) is 5.27. The molecule has 0 aliphatic carbocycles. The molecule has 8 heteroatoms. The van der Waals surface area contributed by atoms with Crippen LogP contribution in [0.1, 0.15) is 41.1 Å². The zero-order valence-corrected chi connectivity index (χ0v) is 20.8. The molecule has 0 fully saturated rings. The van der Waals surface area contributed by atoms with Gasteiger partial charge < -0.3 is 5.32 Å². The number of rotatable bonds is 5. The van der Waals surface area contributed by atoms with E-state index in [1.807, 2.05) is 18.9 Å². The quantitative estimate of drug-likeness (QED) is 0.493. The molecule has 0 saturated heterocycles. The van der Waals surface area contributed by atoms with E-state index in [0.29, 0.717) is 17.3 Å². The van der Waals surface area contributed by atoms with Crippen LogP contribution in [-0.2, 0) is 9.59 Å². The van der Waals surface area contributed by atoms with Gasteiger partial charge >= 0.3 is 0 Å². The van der Waals surface area contributed by atoms with Crippen LogP contribution < -0.4 is 5.32 Å². The minimum absolute atomic E-state index is 0.0649. The number of thioether (sulfide) groups is 1. The molecule has 3 aromatic carbocycles. The second-order valence-corrected chi connectivity index (χ2v) is 10.2. The van der Waals surface area contributed by atoms with Crippen molar-refractivity contribution in [3.63, 3.8) is 0 Å². The Hall–Kier alpha value is -3.78. The highest BCUT2D eigenvalue weighted by Gasteiger charge is 2.39. The largest absolute Gasteiger partial charge is 0.326 e. The van der Waals surface area contributed by atoms with Gasteiger partial charge in [0.15, 0.2) is 5.17 Å². The minimum atomic E-state index is -0.661. The van der Waals surface area contributed by atoms with Crippen molar-refractivity contribution in [3.8, 4) is 0 Å². The number of carbonyl (C=O) groups excluding carboxylic acids is 2. The van der Waals surface area contributed by atoms with E-state index in [2.05, 4.69) is 58.8 Å². The van der Waals surface area contributed by atoms with Gasteiger partial charge in [-0.05, 0) is 43.2 Å². The predicted molar refractivity (Wildman–Crippen MR) is 142 cm³/mol. The van der Waals surface area contributed by atoms with Gasteiger partial charge in [0.1, 0.15) is 11.1 Å². The number of carbonyl (C=O) groups is 2. The van der Waals surface area contributed by atoms with E-state index in [1.165, 1.54) is 35.5 Å². The first-order valence-electron chi connectivity index (χ1n) is 11.7. The molecule has 2 atom stereocenters. The summed E-state index contributed by atoms with van der Waals surface area (Å²) in [4.78, 5) is 29.6. The number of amides is 2. The number of hydrogen-bond acceptors (Lipinski definition) is 5. The standard InChI is InChI=1S/C28H25FN4O2S/c1-17-6-10-19(11-7-17)23-15-24(20-12-8-18(2)9-13-20)33(32-23)28-31-27(35)25(36-28)16-26(34)30-22-5-3-4-21(29)14-22/h3-14,24-25H,15-16H2,1-2H3,(H,30,34)/t24-,25-/m0/s1. The summed E-state index contributed by atoms with van der Waals surface area (Å²) in [5.74, 6) is -1.18. The molecule has 6 nitrogen and oxygen atoms in total. The van der Waals surface area contributed by atoms with Gasteiger partial charge in [-0.2, -0.15) is 10.1 Å². The lowest BCUT2D eigenvalue weighted by molar-refractivity contribution is -0.121. The maximum Gasteiger partial charge on any atom is 0.262 e. The first-order valence-corrected chi connectivity index (χ1v) is 12.6. The lowest BCUT2D eigenvalue weighted by Crippen LogP contribution is -2.25. The van der Waals surface area contributed by atoms with Crippen LogP contribution in [0.4, 0.5) is 10.1 Å². The summed E-state index contributed by atoms with van der Waals surface area (Å²) in [5.41, 5.74) is 5.71. The third kappa shape index (κ3) is 5.23. The van der Waals surface area contributed by atoms with Crippen LogP contribution in [0.3, 0.4) is 0 Å². The molecule has 2 aliphatic rings. The third-order valence-electron chi connectivity index (χ3n) is 6.16. The van der Waals surface area contributed by atoms with Crippen molar-refractivity contribution in [3.05, 3.63) is 101 Å². The van der Waals surface area contributed by atoms with E-state index in [9.17, 15) is 14.0 Å². The number of aryl methyl sites for hydroxylation is 2. The number of benzene rings is 3. The predicted octanol–water partition coefficient (Wildman–Crippen LogP) is 5.62. The summed E-state index contributed by atoms with van der Waals surface area (Å²) in [6, 6.07) is 22.0. The smallest absolute Gasteiger partial charge is 0.262 e. The molecular formula is C28H25FN4O2S. The van der Waals surface area contributed by atoms with Crippen LogP contribution in [0.25, 0.3) is 0 Å². The number of halogens is 1. The van der Waals surface area contributed by atoms with Crippen LogP contribution in [-0.4, -0.2) is 33.0 Å². The number of amidine groups is 1. The van der Waals surface area contributed by atoms with Gasteiger partial charge in [0.2, 0.25) is 5.91 Å². The van der Waals surface area contributed by atoms with E-state index in [-0.39, 0.29) is 24.3 Å². The van der Waals surface area contributed by atoms with Gasteiger partial charge in [0, 0.05) is 18.5 Å². The van der Waals surface area contributed by atoms with E-state index >= 15 is 0 Å². The first-order chi connectivity index (χ1) is 17.4. The zero-order chi connectivity index (χ0) is 25.2. The normalized spacial score (nSPS) is 19.3. The Bertz CT molecular complexity index is 1370. The Morgan fingerprint density at radius 2 is 1.75 bits per heavy atom. The number of nitrogens with zero attached hydrogens (tertiary/aromatic N) is 3. The molecule has 0 saturated carbocycles. The molecular weight excluding hydrogens is 475 g/mol. The molecule has 36 heavy (non-hydrogen) atoms. The van der Waals surface area contributed by atoms with E-state index in [4.69, 9.17) is 5.10 Å². The van der Waals surface area contributed by atoms with E-state index < -0.39 is 11.1 Å². The molecule has 2 amide bonds. The summed E-state index contributed by atoms with van der Waals surface area (Å²) in [5, 5.41) is 9.16. The van der Waals surface area contributed by atoms with Crippen molar-refractivity contribution in [2.75, 3.05) is 5.32 Å². The average molecular weight is 501 g/mol. The van der Waals surface area contributed by atoms with Crippen LogP contribution in [0, 0.1) is 19.7 Å². The van der Waals surface area contributed by atoms with E-state index in [0.717, 1.165) is 22.4 Å². The van der Waals surface area contributed by atoms with Gasteiger partial charge in [-0.25, -0.2) is 9.40 Å². The third-order valence-corrected chi connectivity index (χ3v) is 7.30. The van der Waals surface area contributed by atoms with Gasteiger partial charge in [-0.15, -0.1) is 0 Å². The highest BCUT2D eigenvalue weighted by Crippen LogP contribution is 2.38. The molecule has 3 aromatic rings. The summed E-state index contributed by atoms with van der Waals surface area (Å²) in [6.07, 6.45) is 0.606. The van der Waals surface area contributed by atoms with Crippen molar-refractivity contribution in [1.29, 1.82) is 0 Å². The Morgan fingerprint density at radius 1 is 1.06 bits per heavy atom. The van der Waals surface area contributed by atoms with Crippen molar-refractivity contribution in [2.45, 2.75) is 38.0 Å². The molecule has 2 heterocycles. The monoisotopic (exact) mass is 500 g/mol. The highest BCUT2D eigenvalue weighted by atomic mass is 32.2. The molecule has 0 unspecified atom stereocenters. The second kappa shape index (κ2) is 10.1.